The van der Waals surface area contributed by atoms with Gasteiger partial charge in [-0.3, -0.25) is 0 Å². The largest absolute Gasteiger partial charge is 0.311 e. The highest BCUT2D eigenvalue weighted by Gasteiger charge is 2.03. The first-order chi connectivity index (χ1) is 9.63. The quantitative estimate of drug-likeness (QED) is 0.683. The lowest BCUT2D eigenvalue weighted by atomic mass is 10.2. The summed E-state index contributed by atoms with van der Waals surface area (Å²) >= 11 is 11.1. The molecule has 2 heterocycles. The van der Waals surface area contributed by atoms with Crippen molar-refractivity contribution < 1.29 is 0 Å². The highest BCUT2D eigenvalue weighted by Crippen LogP contribution is 2.11. The topological polar surface area (TPSA) is 48.0 Å². The van der Waals surface area contributed by atoms with E-state index in [1.165, 1.54) is 4.52 Å². The molecule has 7 heteroatoms. The first kappa shape index (κ1) is 13.0. The molecule has 0 amide bonds. The summed E-state index contributed by atoms with van der Waals surface area (Å²) in [6.45, 7) is 0. The molecule has 20 heavy (non-hydrogen) atoms. The Hall–Kier alpha value is -2.05. The number of aryl methyl sites for hydroxylation is 1. The van der Waals surface area contributed by atoms with Gasteiger partial charge in [-0.05, 0) is 36.0 Å². The standard InChI is InChI=1S/C13H10ClN5S/c1-18-8-15-12-16-11(17-19(12)13(18)20)7-4-9-2-5-10(14)6-3-9/h2-8H,1H3/b7-4+. The second-order valence-corrected chi connectivity index (χ2v) is 5.01. The van der Waals surface area contributed by atoms with Crippen LogP contribution in [0.2, 0.25) is 5.02 Å². The number of fused-ring (bicyclic) bond motifs is 1. The smallest absolute Gasteiger partial charge is 0.256 e. The molecule has 0 bridgehead atoms. The van der Waals surface area contributed by atoms with Crippen molar-refractivity contribution in [1.82, 2.24) is 24.1 Å². The molecule has 0 aliphatic heterocycles. The number of aromatic nitrogens is 5. The lowest BCUT2D eigenvalue weighted by Crippen LogP contribution is -2.02. The van der Waals surface area contributed by atoms with Crippen LogP contribution in [0.3, 0.4) is 0 Å². The molecule has 0 atom stereocenters. The summed E-state index contributed by atoms with van der Waals surface area (Å²) in [6, 6.07) is 7.51. The number of hydrogen-bond acceptors (Lipinski definition) is 4. The maximum atomic E-state index is 5.84. The minimum absolute atomic E-state index is 0.490. The van der Waals surface area contributed by atoms with Gasteiger partial charge in [-0.2, -0.15) is 9.50 Å². The van der Waals surface area contributed by atoms with E-state index < -0.39 is 0 Å². The SMILES string of the molecule is Cn1cnc2nc(/C=C/c3ccc(Cl)cc3)nn2c1=S. The van der Waals surface area contributed by atoms with Crippen LogP contribution < -0.4 is 0 Å². The van der Waals surface area contributed by atoms with Gasteiger partial charge in [0.25, 0.3) is 5.78 Å². The summed E-state index contributed by atoms with van der Waals surface area (Å²) in [5.41, 5.74) is 1.02. The highest BCUT2D eigenvalue weighted by atomic mass is 35.5. The Balaban J connectivity index is 1.97. The van der Waals surface area contributed by atoms with Crippen molar-refractivity contribution in [2.75, 3.05) is 0 Å². The Kier molecular flexibility index (Phi) is 3.33. The summed E-state index contributed by atoms with van der Waals surface area (Å²) < 4.78 is 3.80. The van der Waals surface area contributed by atoms with Crippen LogP contribution in [-0.2, 0) is 7.05 Å². The van der Waals surface area contributed by atoms with E-state index in [9.17, 15) is 0 Å². The van der Waals surface area contributed by atoms with Gasteiger partial charge in [0.05, 0.1) is 0 Å². The van der Waals surface area contributed by atoms with Gasteiger partial charge in [-0.1, -0.05) is 29.8 Å². The molecule has 1 aromatic carbocycles. The van der Waals surface area contributed by atoms with E-state index in [2.05, 4.69) is 15.1 Å². The fraction of sp³-hybridized carbons (Fsp3) is 0.0769. The van der Waals surface area contributed by atoms with E-state index in [0.29, 0.717) is 21.4 Å². The van der Waals surface area contributed by atoms with E-state index in [1.54, 1.807) is 10.9 Å². The first-order valence-corrected chi connectivity index (χ1v) is 6.64. The van der Waals surface area contributed by atoms with Gasteiger partial charge in [0, 0.05) is 12.1 Å². The summed E-state index contributed by atoms with van der Waals surface area (Å²) in [5.74, 6) is 1.05. The third-order valence-electron chi connectivity index (χ3n) is 2.73. The molecule has 2 aromatic heterocycles. The highest BCUT2D eigenvalue weighted by molar-refractivity contribution is 7.71. The molecule has 0 aliphatic carbocycles. The molecule has 0 saturated carbocycles. The minimum atomic E-state index is 0.490. The second kappa shape index (κ2) is 5.15. The van der Waals surface area contributed by atoms with Crippen molar-refractivity contribution in [3.8, 4) is 0 Å². The van der Waals surface area contributed by atoms with Crippen LogP contribution in [0.5, 0.6) is 0 Å². The fourth-order valence-corrected chi connectivity index (χ4v) is 1.98. The van der Waals surface area contributed by atoms with Crippen molar-refractivity contribution in [2.45, 2.75) is 0 Å². The monoisotopic (exact) mass is 303 g/mol. The van der Waals surface area contributed by atoms with Gasteiger partial charge in [-0.25, -0.2) is 4.98 Å². The van der Waals surface area contributed by atoms with Gasteiger partial charge in [0.1, 0.15) is 6.33 Å². The van der Waals surface area contributed by atoms with E-state index in [0.717, 1.165) is 5.56 Å². The predicted octanol–water partition coefficient (Wildman–Crippen LogP) is 3.02. The number of halogens is 1. The average molecular weight is 304 g/mol. The molecule has 0 spiro atoms. The van der Waals surface area contributed by atoms with Gasteiger partial charge in [-0.15, -0.1) is 5.10 Å². The number of nitrogens with zero attached hydrogens (tertiary/aromatic N) is 5. The van der Waals surface area contributed by atoms with E-state index >= 15 is 0 Å². The van der Waals surface area contributed by atoms with Crippen LogP contribution in [0.25, 0.3) is 17.9 Å². The van der Waals surface area contributed by atoms with Crippen LogP contribution >= 0.6 is 23.8 Å². The van der Waals surface area contributed by atoms with Crippen molar-refractivity contribution in [1.29, 1.82) is 0 Å². The zero-order valence-electron chi connectivity index (χ0n) is 10.6. The Labute approximate surface area is 125 Å². The summed E-state index contributed by atoms with van der Waals surface area (Å²) in [4.78, 5) is 8.46. The van der Waals surface area contributed by atoms with Crippen molar-refractivity contribution >= 4 is 41.7 Å². The molecule has 0 aliphatic rings. The maximum Gasteiger partial charge on any atom is 0.256 e. The Morgan fingerprint density at radius 2 is 1.95 bits per heavy atom. The van der Waals surface area contributed by atoms with Crippen LogP contribution in [0.1, 0.15) is 11.4 Å². The third kappa shape index (κ3) is 2.48. The van der Waals surface area contributed by atoms with Gasteiger partial charge < -0.3 is 4.57 Å². The first-order valence-electron chi connectivity index (χ1n) is 5.85. The van der Waals surface area contributed by atoms with Crippen LogP contribution in [-0.4, -0.2) is 24.1 Å². The van der Waals surface area contributed by atoms with Crippen molar-refractivity contribution in [2.24, 2.45) is 7.05 Å². The molecule has 0 N–H and O–H groups in total. The van der Waals surface area contributed by atoms with Crippen LogP contribution in [0.4, 0.5) is 0 Å². The molecular formula is C13H10ClN5S. The Morgan fingerprint density at radius 3 is 2.70 bits per heavy atom. The summed E-state index contributed by atoms with van der Waals surface area (Å²) in [5, 5.41) is 5.02. The molecule has 5 nitrogen and oxygen atoms in total. The third-order valence-corrected chi connectivity index (χ3v) is 3.44. The van der Waals surface area contributed by atoms with Gasteiger partial charge in [0.15, 0.2) is 5.82 Å². The van der Waals surface area contributed by atoms with E-state index in [1.807, 2.05) is 43.5 Å². The molecule has 3 aromatic rings. The Bertz CT molecular complexity index is 847. The van der Waals surface area contributed by atoms with Crippen LogP contribution in [0.15, 0.2) is 30.6 Å². The van der Waals surface area contributed by atoms with Crippen molar-refractivity contribution in [3.63, 3.8) is 0 Å². The normalized spacial score (nSPS) is 11.5. The lowest BCUT2D eigenvalue weighted by Gasteiger charge is -1.96. The number of hydrogen-bond donors (Lipinski definition) is 0. The van der Waals surface area contributed by atoms with Crippen LogP contribution in [0, 0.1) is 4.77 Å². The second-order valence-electron chi connectivity index (χ2n) is 4.20. The summed E-state index contributed by atoms with van der Waals surface area (Å²) in [7, 11) is 1.82. The van der Waals surface area contributed by atoms with Gasteiger partial charge >= 0.3 is 0 Å². The fourth-order valence-electron chi connectivity index (χ4n) is 1.68. The predicted molar refractivity (Wildman–Crippen MR) is 81.0 cm³/mol. The Morgan fingerprint density at radius 1 is 1.20 bits per heavy atom. The molecule has 0 unspecified atom stereocenters. The van der Waals surface area contributed by atoms with Crippen molar-refractivity contribution in [3.05, 3.63) is 51.8 Å². The number of benzene rings is 1. The number of rotatable bonds is 2. The zero-order chi connectivity index (χ0) is 14.1. The maximum absolute atomic E-state index is 5.84. The average Bonchev–Trinajstić information content (AvgIpc) is 2.86. The van der Waals surface area contributed by atoms with E-state index in [4.69, 9.17) is 23.8 Å². The van der Waals surface area contributed by atoms with Gasteiger partial charge in [0.2, 0.25) is 4.77 Å². The molecule has 100 valence electrons. The molecule has 0 saturated heterocycles. The summed E-state index contributed by atoms with van der Waals surface area (Å²) in [6.07, 6.45) is 5.35. The zero-order valence-corrected chi connectivity index (χ0v) is 12.1. The van der Waals surface area contributed by atoms with E-state index in [-0.39, 0.29) is 0 Å². The molecule has 0 fully saturated rings. The minimum Gasteiger partial charge on any atom is -0.311 e. The molecule has 0 radical (unpaired) electrons. The molecular weight excluding hydrogens is 294 g/mol. The lowest BCUT2D eigenvalue weighted by molar-refractivity contribution is 0.746. The molecule has 3 rings (SSSR count).